The molecule has 0 aliphatic carbocycles. The van der Waals surface area contributed by atoms with E-state index in [4.69, 9.17) is 9.68 Å². The van der Waals surface area contributed by atoms with Crippen LogP contribution >= 0.6 is 0 Å². The average molecular weight is 214 g/mol. The number of nitrogens with zero attached hydrogens (tertiary/aromatic N) is 1. The van der Waals surface area contributed by atoms with E-state index in [2.05, 4.69) is 4.98 Å². The summed E-state index contributed by atoms with van der Waals surface area (Å²) in [5, 5.41) is 8.86. The lowest BCUT2D eigenvalue weighted by atomic mass is 10.1. The number of H-pyrrole nitrogens is 1. The Labute approximate surface area is 92.2 Å². The van der Waals surface area contributed by atoms with Gasteiger partial charge in [-0.15, -0.1) is 0 Å². The van der Waals surface area contributed by atoms with Gasteiger partial charge in [0.1, 0.15) is 11.8 Å². The molecule has 0 aliphatic heterocycles. The molecular weight excluding hydrogens is 204 g/mol. The van der Waals surface area contributed by atoms with Gasteiger partial charge in [0, 0.05) is 17.7 Å². The summed E-state index contributed by atoms with van der Waals surface area (Å²) in [6.07, 6.45) is 1.96. The van der Waals surface area contributed by atoms with Crippen molar-refractivity contribution in [3.05, 3.63) is 57.4 Å². The molecule has 0 radical (unpaired) electrons. The van der Waals surface area contributed by atoms with Gasteiger partial charge >= 0.3 is 0 Å². The Kier molecular flexibility index (Phi) is 2.61. The Hall–Kier alpha value is -2.28. The number of hydrogen-bond acceptors (Lipinski definition) is 3. The number of aromatic nitrogens is 1. The van der Waals surface area contributed by atoms with Crippen molar-refractivity contribution >= 4 is 0 Å². The smallest absolute Gasteiger partial charge is 0.251 e. The van der Waals surface area contributed by atoms with Crippen LogP contribution in [0.3, 0.4) is 0 Å². The van der Waals surface area contributed by atoms with E-state index in [-0.39, 0.29) is 5.56 Å². The molecule has 0 saturated heterocycles. The van der Waals surface area contributed by atoms with Crippen LogP contribution in [-0.4, -0.2) is 4.98 Å². The van der Waals surface area contributed by atoms with E-state index in [0.29, 0.717) is 29.0 Å². The molecule has 0 unspecified atom stereocenters. The third kappa shape index (κ3) is 1.89. The lowest BCUT2D eigenvalue weighted by Crippen LogP contribution is -2.14. The molecular formula is C12H10N2O2. The number of nitriles is 1. The van der Waals surface area contributed by atoms with Crippen molar-refractivity contribution in [3.8, 4) is 6.07 Å². The van der Waals surface area contributed by atoms with E-state index in [0.717, 1.165) is 0 Å². The molecule has 4 nitrogen and oxygen atoms in total. The number of aryl methyl sites for hydroxylation is 1. The number of furan rings is 1. The molecule has 0 spiro atoms. The van der Waals surface area contributed by atoms with Gasteiger partial charge in [-0.05, 0) is 25.1 Å². The molecule has 0 atom stereocenters. The second-order valence-electron chi connectivity index (χ2n) is 3.53. The summed E-state index contributed by atoms with van der Waals surface area (Å²) in [7, 11) is 0. The maximum Gasteiger partial charge on any atom is 0.251 e. The van der Waals surface area contributed by atoms with Crippen LogP contribution in [0.2, 0.25) is 0 Å². The van der Waals surface area contributed by atoms with E-state index in [1.165, 1.54) is 0 Å². The highest BCUT2D eigenvalue weighted by atomic mass is 16.3. The van der Waals surface area contributed by atoms with Gasteiger partial charge in [-0.1, -0.05) is 0 Å². The Balaban J connectivity index is 2.42. The quantitative estimate of drug-likeness (QED) is 0.827. The van der Waals surface area contributed by atoms with Crippen LogP contribution in [0.25, 0.3) is 0 Å². The van der Waals surface area contributed by atoms with Crippen LogP contribution in [-0.2, 0) is 6.42 Å². The zero-order valence-electron chi connectivity index (χ0n) is 8.78. The van der Waals surface area contributed by atoms with Gasteiger partial charge in [0.2, 0.25) is 0 Å². The molecule has 2 aromatic heterocycles. The van der Waals surface area contributed by atoms with E-state index >= 15 is 0 Å². The van der Waals surface area contributed by atoms with Gasteiger partial charge in [-0.2, -0.15) is 5.26 Å². The first-order chi connectivity index (χ1) is 7.70. The molecule has 0 bridgehead atoms. The minimum absolute atomic E-state index is 0.173. The Morgan fingerprint density at radius 3 is 3.00 bits per heavy atom. The summed E-state index contributed by atoms with van der Waals surface area (Å²) in [5.74, 6) is 0.707. The van der Waals surface area contributed by atoms with Gasteiger partial charge < -0.3 is 9.40 Å². The van der Waals surface area contributed by atoms with Crippen molar-refractivity contribution in [3.63, 3.8) is 0 Å². The Bertz CT molecular complexity index is 588. The summed E-state index contributed by atoms with van der Waals surface area (Å²) >= 11 is 0. The highest BCUT2D eigenvalue weighted by Gasteiger charge is 2.07. The minimum Gasteiger partial charge on any atom is -0.469 e. The summed E-state index contributed by atoms with van der Waals surface area (Å²) in [5.41, 5.74) is 1.45. The van der Waals surface area contributed by atoms with E-state index in [9.17, 15) is 4.79 Å². The largest absolute Gasteiger partial charge is 0.469 e. The second-order valence-corrected chi connectivity index (χ2v) is 3.53. The molecule has 1 N–H and O–H groups in total. The van der Waals surface area contributed by atoms with Crippen LogP contribution in [0.5, 0.6) is 0 Å². The van der Waals surface area contributed by atoms with Crippen LogP contribution in [0.4, 0.5) is 0 Å². The van der Waals surface area contributed by atoms with Crippen LogP contribution in [0, 0.1) is 18.3 Å². The van der Waals surface area contributed by atoms with E-state index < -0.39 is 0 Å². The molecule has 0 aliphatic rings. The van der Waals surface area contributed by atoms with Crippen molar-refractivity contribution in [2.24, 2.45) is 0 Å². The fourth-order valence-corrected chi connectivity index (χ4v) is 1.51. The van der Waals surface area contributed by atoms with Gasteiger partial charge in [-0.3, -0.25) is 4.79 Å². The zero-order valence-corrected chi connectivity index (χ0v) is 8.78. The van der Waals surface area contributed by atoms with Gasteiger partial charge in [0.15, 0.2) is 0 Å². The van der Waals surface area contributed by atoms with Crippen molar-refractivity contribution in [2.45, 2.75) is 13.3 Å². The molecule has 0 aromatic carbocycles. The normalized spacial score (nSPS) is 10.0. The van der Waals surface area contributed by atoms with Crippen molar-refractivity contribution < 1.29 is 4.42 Å². The summed E-state index contributed by atoms with van der Waals surface area (Å²) in [6, 6.07) is 7.21. The van der Waals surface area contributed by atoms with Gasteiger partial charge in [-0.25, -0.2) is 0 Å². The standard InChI is InChI=1S/C12H10N2O2/c1-8-10(7-13)5-9(12(15)14-8)6-11-3-2-4-16-11/h2-5H,6H2,1H3,(H,14,15). The van der Waals surface area contributed by atoms with E-state index in [1.54, 1.807) is 31.4 Å². The molecule has 2 heterocycles. The lowest BCUT2D eigenvalue weighted by Gasteiger charge is -2.01. The highest BCUT2D eigenvalue weighted by molar-refractivity contribution is 5.36. The predicted octanol–water partition coefficient (Wildman–Crippen LogP) is 1.74. The third-order valence-corrected chi connectivity index (χ3v) is 2.38. The molecule has 4 heteroatoms. The maximum atomic E-state index is 11.6. The fraction of sp³-hybridized carbons (Fsp3) is 0.167. The first kappa shape index (κ1) is 10.2. The summed E-state index contributed by atoms with van der Waals surface area (Å²) in [4.78, 5) is 14.3. The number of hydrogen-bond donors (Lipinski definition) is 1. The number of nitrogens with one attached hydrogen (secondary N) is 1. The highest BCUT2D eigenvalue weighted by Crippen LogP contribution is 2.09. The SMILES string of the molecule is Cc1[nH]c(=O)c(Cc2ccco2)cc1C#N. The Morgan fingerprint density at radius 2 is 2.38 bits per heavy atom. The van der Waals surface area contributed by atoms with Gasteiger partial charge in [0.05, 0.1) is 11.8 Å². The second kappa shape index (κ2) is 4.07. The van der Waals surface area contributed by atoms with Crippen molar-refractivity contribution in [1.82, 2.24) is 4.98 Å². The molecule has 2 aromatic rings. The van der Waals surface area contributed by atoms with Gasteiger partial charge in [0.25, 0.3) is 5.56 Å². The first-order valence-electron chi connectivity index (χ1n) is 4.86. The topological polar surface area (TPSA) is 69.8 Å². The molecule has 2 rings (SSSR count). The molecule has 80 valence electrons. The number of rotatable bonds is 2. The third-order valence-electron chi connectivity index (χ3n) is 2.38. The average Bonchev–Trinajstić information content (AvgIpc) is 2.75. The van der Waals surface area contributed by atoms with E-state index in [1.807, 2.05) is 6.07 Å². The Morgan fingerprint density at radius 1 is 1.56 bits per heavy atom. The monoisotopic (exact) mass is 214 g/mol. The van der Waals surface area contributed by atoms with Crippen LogP contribution < -0.4 is 5.56 Å². The lowest BCUT2D eigenvalue weighted by molar-refractivity contribution is 0.520. The molecule has 0 amide bonds. The fourth-order valence-electron chi connectivity index (χ4n) is 1.51. The zero-order chi connectivity index (χ0) is 11.5. The molecule has 0 saturated carbocycles. The minimum atomic E-state index is -0.173. The summed E-state index contributed by atoms with van der Waals surface area (Å²) < 4.78 is 5.16. The number of aromatic amines is 1. The molecule has 0 fully saturated rings. The first-order valence-corrected chi connectivity index (χ1v) is 4.86. The van der Waals surface area contributed by atoms with Crippen molar-refractivity contribution in [2.75, 3.05) is 0 Å². The van der Waals surface area contributed by atoms with Crippen LogP contribution in [0.1, 0.15) is 22.6 Å². The molecule has 16 heavy (non-hydrogen) atoms. The predicted molar refractivity (Wildman–Crippen MR) is 58.0 cm³/mol. The summed E-state index contributed by atoms with van der Waals surface area (Å²) in [6.45, 7) is 1.70. The van der Waals surface area contributed by atoms with Crippen LogP contribution in [0.15, 0.2) is 33.7 Å². The van der Waals surface area contributed by atoms with Crippen molar-refractivity contribution in [1.29, 1.82) is 5.26 Å². The maximum absolute atomic E-state index is 11.6. The number of pyridine rings is 1.